The zero-order chi connectivity index (χ0) is 13.0. The number of hydrogen-bond donors (Lipinski definition) is 1. The number of nitrogens with zero attached hydrogens (tertiary/aromatic N) is 3. The first kappa shape index (κ1) is 14.5. The molecule has 0 aromatic carbocycles. The second kappa shape index (κ2) is 6.38. The van der Waals surface area contributed by atoms with Gasteiger partial charge in [0, 0.05) is 26.1 Å². The fraction of sp³-hybridized carbons (Fsp3) is 0.750. The molecule has 1 N–H and O–H groups in total. The summed E-state index contributed by atoms with van der Waals surface area (Å²) in [6.07, 6.45) is 0.905. The summed E-state index contributed by atoms with van der Waals surface area (Å²) in [5.41, 5.74) is 2.02. The minimum atomic E-state index is 0.405. The molecule has 98 valence electrons. The Morgan fingerprint density at radius 2 is 2.12 bits per heavy atom. The van der Waals surface area contributed by atoms with Crippen molar-refractivity contribution in [2.75, 3.05) is 27.2 Å². The van der Waals surface area contributed by atoms with Crippen molar-refractivity contribution in [3.05, 3.63) is 16.4 Å². The number of aromatic nitrogens is 2. The van der Waals surface area contributed by atoms with E-state index in [4.69, 9.17) is 11.6 Å². The molecular formula is C12H23ClN4. The third-order valence-corrected chi connectivity index (χ3v) is 3.27. The van der Waals surface area contributed by atoms with Gasteiger partial charge in [-0.3, -0.25) is 4.68 Å². The van der Waals surface area contributed by atoms with Crippen LogP contribution in [-0.4, -0.2) is 47.9 Å². The number of halogens is 1. The third kappa shape index (κ3) is 3.98. The molecule has 1 atom stereocenters. The van der Waals surface area contributed by atoms with Crippen LogP contribution < -0.4 is 5.32 Å². The van der Waals surface area contributed by atoms with Crippen molar-refractivity contribution in [2.24, 2.45) is 7.05 Å². The Balaban J connectivity index is 2.78. The third-order valence-electron chi connectivity index (χ3n) is 2.78. The van der Waals surface area contributed by atoms with E-state index in [-0.39, 0.29) is 0 Å². The van der Waals surface area contributed by atoms with E-state index in [1.807, 2.05) is 18.7 Å². The highest BCUT2D eigenvalue weighted by Crippen LogP contribution is 2.20. The standard InChI is InChI=1S/C12H23ClN4/c1-6-14-10(8-16(3)4)7-11-12(13)9(2)15-17(11)5/h10,14H,6-8H2,1-5H3. The van der Waals surface area contributed by atoms with Crippen LogP contribution in [-0.2, 0) is 13.5 Å². The van der Waals surface area contributed by atoms with Crippen molar-refractivity contribution in [3.63, 3.8) is 0 Å². The minimum absolute atomic E-state index is 0.405. The van der Waals surface area contributed by atoms with Gasteiger partial charge in [-0.15, -0.1) is 0 Å². The quantitative estimate of drug-likeness (QED) is 0.839. The summed E-state index contributed by atoms with van der Waals surface area (Å²) >= 11 is 6.27. The van der Waals surface area contributed by atoms with Gasteiger partial charge in [-0.05, 0) is 27.6 Å². The highest BCUT2D eigenvalue weighted by atomic mass is 35.5. The molecular weight excluding hydrogens is 236 g/mol. The lowest BCUT2D eigenvalue weighted by molar-refractivity contribution is 0.336. The van der Waals surface area contributed by atoms with Gasteiger partial charge < -0.3 is 10.2 Å². The molecule has 0 saturated heterocycles. The first-order valence-electron chi connectivity index (χ1n) is 6.01. The van der Waals surface area contributed by atoms with Gasteiger partial charge in [-0.25, -0.2) is 0 Å². The van der Waals surface area contributed by atoms with Crippen LogP contribution in [0.5, 0.6) is 0 Å². The Morgan fingerprint density at radius 3 is 2.53 bits per heavy atom. The van der Waals surface area contributed by atoms with E-state index in [9.17, 15) is 0 Å². The minimum Gasteiger partial charge on any atom is -0.313 e. The molecule has 1 unspecified atom stereocenters. The zero-order valence-corrected chi connectivity index (χ0v) is 12.2. The van der Waals surface area contributed by atoms with E-state index in [2.05, 4.69) is 36.3 Å². The maximum atomic E-state index is 6.27. The number of rotatable bonds is 6. The summed E-state index contributed by atoms with van der Waals surface area (Å²) in [5.74, 6) is 0. The van der Waals surface area contributed by atoms with Crippen LogP contribution >= 0.6 is 11.6 Å². The summed E-state index contributed by atoms with van der Waals surface area (Å²) in [7, 11) is 6.12. The van der Waals surface area contributed by atoms with Crippen molar-refractivity contribution < 1.29 is 0 Å². The average Bonchev–Trinajstić information content (AvgIpc) is 2.44. The lowest BCUT2D eigenvalue weighted by atomic mass is 10.1. The largest absolute Gasteiger partial charge is 0.313 e. The monoisotopic (exact) mass is 258 g/mol. The summed E-state index contributed by atoms with van der Waals surface area (Å²) < 4.78 is 1.89. The maximum absolute atomic E-state index is 6.27. The van der Waals surface area contributed by atoms with Crippen LogP contribution in [0.4, 0.5) is 0 Å². The maximum Gasteiger partial charge on any atom is 0.0847 e. The van der Waals surface area contributed by atoms with Crippen molar-refractivity contribution in [1.82, 2.24) is 20.0 Å². The first-order chi connectivity index (χ1) is 7.95. The van der Waals surface area contributed by atoms with Crippen molar-refractivity contribution in [1.29, 1.82) is 0 Å². The van der Waals surface area contributed by atoms with Gasteiger partial charge in [0.25, 0.3) is 0 Å². The van der Waals surface area contributed by atoms with E-state index in [0.717, 1.165) is 35.9 Å². The number of nitrogens with one attached hydrogen (secondary N) is 1. The van der Waals surface area contributed by atoms with Crippen LogP contribution in [0.2, 0.25) is 5.02 Å². The predicted octanol–water partition coefficient (Wildman–Crippen LogP) is 1.46. The number of hydrogen-bond acceptors (Lipinski definition) is 3. The SMILES string of the molecule is CCNC(Cc1c(Cl)c(C)nn1C)CN(C)C. The van der Waals surface area contributed by atoms with E-state index in [1.54, 1.807) is 0 Å². The summed E-state index contributed by atoms with van der Waals surface area (Å²) in [4.78, 5) is 2.18. The molecule has 1 aromatic heterocycles. The first-order valence-corrected chi connectivity index (χ1v) is 6.39. The van der Waals surface area contributed by atoms with Crippen molar-refractivity contribution in [2.45, 2.75) is 26.3 Å². The Labute approximate surface area is 109 Å². The van der Waals surface area contributed by atoms with Gasteiger partial charge in [0.1, 0.15) is 0 Å². The fourth-order valence-corrected chi connectivity index (χ4v) is 2.30. The molecule has 0 radical (unpaired) electrons. The molecule has 0 aliphatic carbocycles. The molecule has 0 aliphatic heterocycles. The smallest absolute Gasteiger partial charge is 0.0847 e. The van der Waals surface area contributed by atoms with E-state index >= 15 is 0 Å². The van der Waals surface area contributed by atoms with Crippen molar-refractivity contribution >= 4 is 11.6 Å². The second-order valence-corrected chi connectivity index (χ2v) is 5.07. The summed E-state index contributed by atoms with van der Waals surface area (Å²) in [5, 5.41) is 8.63. The summed E-state index contributed by atoms with van der Waals surface area (Å²) in [6, 6.07) is 0.405. The molecule has 1 rings (SSSR count). The Kier molecular flexibility index (Phi) is 5.43. The molecule has 4 nitrogen and oxygen atoms in total. The van der Waals surface area contributed by atoms with Gasteiger partial charge >= 0.3 is 0 Å². The zero-order valence-electron chi connectivity index (χ0n) is 11.4. The molecule has 1 heterocycles. The molecule has 17 heavy (non-hydrogen) atoms. The van der Waals surface area contributed by atoms with Crippen LogP contribution in [0, 0.1) is 6.92 Å². The molecule has 1 aromatic rings. The molecule has 0 fully saturated rings. The van der Waals surface area contributed by atoms with E-state index in [0.29, 0.717) is 6.04 Å². The lowest BCUT2D eigenvalue weighted by Gasteiger charge is -2.22. The van der Waals surface area contributed by atoms with Crippen molar-refractivity contribution in [3.8, 4) is 0 Å². The number of aryl methyl sites for hydroxylation is 2. The molecule has 0 saturated carbocycles. The van der Waals surface area contributed by atoms with Crippen LogP contribution in [0.1, 0.15) is 18.3 Å². The van der Waals surface area contributed by atoms with E-state index in [1.165, 1.54) is 0 Å². The molecule has 0 bridgehead atoms. The van der Waals surface area contributed by atoms with Gasteiger partial charge in [-0.1, -0.05) is 18.5 Å². The molecule has 0 amide bonds. The second-order valence-electron chi connectivity index (χ2n) is 4.69. The van der Waals surface area contributed by atoms with Crippen LogP contribution in [0.25, 0.3) is 0 Å². The van der Waals surface area contributed by atoms with Gasteiger partial charge in [-0.2, -0.15) is 5.10 Å². The number of likely N-dealkylation sites (N-methyl/N-ethyl adjacent to an activating group) is 2. The Morgan fingerprint density at radius 1 is 1.47 bits per heavy atom. The molecule has 0 spiro atoms. The molecule has 0 aliphatic rings. The highest BCUT2D eigenvalue weighted by molar-refractivity contribution is 6.31. The Hall–Kier alpha value is -0.580. The van der Waals surface area contributed by atoms with Gasteiger partial charge in [0.15, 0.2) is 0 Å². The topological polar surface area (TPSA) is 33.1 Å². The van der Waals surface area contributed by atoms with E-state index < -0.39 is 0 Å². The Bertz CT molecular complexity index is 360. The average molecular weight is 259 g/mol. The van der Waals surface area contributed by atoms with Gasteiger partial charge in [0.05, 0.1) is 16.4 Å². The highest BCUT2D eigenvalue weighted by Gasteiger charge is 2.16. The summed E-state index contributed by atoms with van der Waals surface area (Å²) in [6.45, 7) is 6.03. The predicted molar refractivity (Wildman–Crippen MR) is 72.7 cm³/mol. The lowest BCUT2D eigenvalue weighted by Crippen LogP contribution is -2.40. The normalized spacial score (nSPS) is 13.4. The van der Waals surface area contributed by atoms with Crippen LogP contribution in [0.3, 0.4) is 0 Å². The fourth-order valence-electron chi connectivity index (χ4n) is 2.07. The van der Waals surface area contributed by atoms with Crippen LogP contribution in [0.15, 0.2) is 0 Å². The van der Waals surface area contributed by atoms with Gasteiger partial charge in [0.2, 0.25) is 0 Å². The molecule has 5 heteroatoms.